The van der Waals surface area contributed by atoms with Crippen LogP contribution in [0, 0.1) is 15.9 Å². The van der Waals surface area contributed by atoms with E-state index >= 15 is 0 Å². The van der Waals surface area contributed by atoms with Crippen molar-refractivity contribution in [1.29, 1.82) is 0 Å². The second-order valence-electron chi connectivity index (χ2n) is 7.68. The molecule has 0 aliphatic rings. The van der Waals surface area contributed by atoms with Gasteiger partial charge >= 0.3 is 5.69 Å². The molecule has 10 heteroatoms. The maximum Gasteiger partial charge on any atom is 0.307 e. The van der Waals surface area contributed by atoms with E-state index in [2.05, 4.69) is 24.8 Å². The number of anilines is 2. The molecule has 2 aromatic heterocycles. The number of ether oxygens (including phenoxy) is 1. The van der Waals surface area contributed by atoms with Crippen LogP contribution in [-0.4, -0.2) is 31.6 Å². The summed E-state index contributed by atoms with van der Waals surface area (Å²) in [5, 5.41) is 15.1. The maximum atomic E-state index is 14.1. The number of nitro benzene ring substituents is 1. The van der Waals surface area contributed by atoms with E-state index in [1.54, 1.807) is 0 Å². The molecule has 2 heterocycles. The number of nitrogens with zero attached hydrogens (tertiary/aromatic N) is 5. The summed E-state index contributed by atoms with van der Waals surface area (Å²) in [5.41, 5.74) is 3.21. The fourth-order valence-corrected chi connectivity index (χ4v) is 4.10. The molecule has 174 valence electrons. The van der Waals surface area contributed by atoms with E-state index in [4.69, 9.17) is 4.74 Å². The van der Waals surface area contributed by atoms with Gasteiger partial charge in [-0.1, -0.05) is 48.5 Å². The zero-order chi connectivity index (χ0) is 24.5. The molecule has 0 unspecified atom stereocenters. The Balaban J connectivity index is 1.65. The van der Waals surface area contributed by atoms with Crippen LogP contribution in [0.4, 0.5) is 21.7 Å². The quantitative estimate of drug-likeness (QED) is 0.258. The van der Waals surface area contributed by atoms with Gasteiger partial charge in [-0.3, -0.25) is 10.1 Å². The van der Waals surface area contributed by atoms with E-state index in [1.165, 1.54) is 13.4 Å². The lowest BCUT2D eigenvalue weighted by atomic mass is 10.0. The summed E-state index contributed by atoms with van der Waals surface area (Å²) in [6, 6.07) is 19.8. The molecule has 1 N–H and O–H groups in total. The van der Waals surface area contributed by atoms with Gasteiger partial charge in [-0.2, -0.15) is 9.37 Å². The Morgan fingerprint density at radius 3 is 2.54 bits per heavy atom. The second kappa shape index (κ2) is 8.82. The van der Waals surface area contributed by atoms with E-state index in [0.717, 1.165) is 39.9 Å². The number of hydrogen-bond donors (Lipinski definition) is 1. The van der Waals surface area contributed by atoms with Gasteiger partial charge in [0.25, 0.3) is 0 Å². The Hall–Kier alpha value is -4.86. The average molecular weight is 470 g/mol. The van der Waals surface area contributed by atoms with Crippen molar-refractivity contribution in [2.45, 2.75) is 0 Å². The molecular formula is C25H19FN6O3. The highest BCUT2D eigenvalue weighted by Crippen LogP contribution is 2.39. The minimum Gasteiger partial charge on any atom is -0.494 e. The molecule has 3 aromatic carbocycles. The number of para-hydroxylation sites is 1. The number of nitrogens with one attached hydrogen (secondary N) is 1. The molecule has 5 rings (SSSR count). The van der Waals surface area contributed by atoms with Crippen LogP contribution in [0.2, 0.25) is 0 Å². The number of aromatic nitrogens is 4. The van der Waals surface area contributed by atoms with Crippen LogP contribution in [0.25, 0.3) is 33.5 Å². The summed E-state index contributed by atoms with van der Waals surface area (Å²) in [6.07, 6.45) is 1.35. The maximum absolute atomic E-state index is 14.1. The molecule has 0 aliphatic carbocycles. The lowest BCUT2D eigenvalue weighted by molar-refractivity contribution is -0.387. The van der Waals surface area contributed by atoms with Crippen molar-refractivity contribution in [2.75, 3.05) is 12.4 Å². The fraction of sp³-hybridized carbons (Fsp3) is 0.0800. The number of benzene rings is 3. The zero-order valence-corrected chi connectivity index (χ0v) is 18.8. The molecule has 0 aliphatic heterocycles. The minimum absolute atomic E-state index is 0.0743. The van der Waals surface area contributed by atoms with Gasteiger partial charge in [0.2, 0.25) is 11.8 Å². The Morgan fingerprint density at radius 2 is 1.80 bits per heavy atom. The molecule has 0 fully saturated rings. The molecule has 0 saturated carbocycles. The monoisotopic (exact) mass is 470 g/mol. The van der Waals surface area contributed by atoms with E-state index in [1.807, 2.05) is 61.6 Å². The number of fused-ring (bicyclic) bond motifs is 1. The normalized spacial score (nSPS) is 10.9. The molecule has 0 saturated heterocycles. The Labute approximate surface area is 199 Å². The van der Waals surface area contributed by atoms with Crippen molar-refractivity contribution >= 4 is 28.2 Å². The van der Waals surface area contributed by atoms with Crippen molar-refractivity contribution in [2.24, 2.45) is 7.05 Å². The van der Waals surface area contributed by atoms with Gasteiger partial charge in [0.1, 0.15) is 12.1 Å². The van der Waals surface area contributed by atoms with E-state index in [9.17, 15) is 14.5 Å². The first-order valence-corrected chi connectivity index (χ1v) is 10.6. The van der Waals surface area contributed by atoms with Crippen LogP contribution in [0.5, 0.6) is 5.75 Å². The van der Waals surface area contributed by atoms with Crippen molar-refractivity contribution in [3.8, 4) is 28.4 Å². The van der Waals surface area contributed by atoms with E-state index in [-0.39, 0.29) is 17.4 Å². The van der Waals surface area contributed by atoms with Crippen molar-refractivity contribution in [1.82, 2.24) is 19.5 Å². The standard InChI is InChI=1S/C25H19FN6O3/c1-31-19-11-7-6-10-16(19)22(23(31)15-8-4-3-5-9-15)24-27-14-28-25(30-24)29-18-13-20(32(33)34)17(26)12-21(18)35-2/h3-14H,1-2H3,(H,27,28,29,30). The number of halogens is 1. The van der Waals surface area contributed by atoms with Gasteiger partial charge in [-0.25, -0.2) is 9.97 Å². The number of rotatable bonds is 6. The summed E-state index contributed by atoms with van der Waals surface area (Å²) in [4.78, 5) is 23.6. The number of nitro groups is 1. The molecular weight excluding hydrogens is 451 g/mol. The molecule has 35 heavy (non-hydrogen) atoms. The molecule has 0 spiro atoms. The smallest absolute Gasteiger partial charge is 0.307 e. The predicted octanol–water partition coefficient (Wildman–Crippen LogP) is 5.50. The summed E-state index contributed by atoms with van der Waals surface area (Å²) >= 11 is 0. The van der Waals surface area contributed by atoms with Crippen LogP contribution < -0.4 is 10.1 Å². The summed E-state index contributed by atoms with van der Waals surface area (Å²) < 4.78 is 21.3. The first-order chi connectivity index (χ1) is 17.0. The highest BCUT2D eigenvalue weighted by molar-refractivity contribution is 6.03. The largest absolute Gasteiger partial charge is 0.494 e. The predicted molar refractivity (Wildman–Crippen MR) is 130 cm³/mol. The van der Waals surface area contributed by atoms with Crippen molar-refractivity contribution in [3.05, 3.63) is 89.0 Å². The van der Waals surface area contributed by atoms with Gasteiger partial charge in [0, 0.05) is 30.1 Å². The first kappa shape index (κ1) is 22.0. The topological polar surface area (TPSA) is 108 Å². The Kier molecular flexibility index (Phi) is 5.54. The van der Waals surface area contributed by atoms with Crippen LogP contribution in [0.1, 0.15) is 0 Å². The van der Waals surface area contributed by atoms with Gasteiger partial charge < -0.3 is 14.6 Å². The van der Waals surface area contributed by atoms with Gasteiger partial charge in [-0.05, 0) is 11.6 Å². The third kappa shape index (κ3) is 3.90. The van der Waals surface area contributed by atoms with Crippen LogP contribution in [0.3, 0.4) is 0 Å². The Bertz CT molecular complexity index is 1570. The SMILES string of the molecule is COc1cc(F)c([N+](=O)[O-])cc1Nc1ncnc(-c2c(-c3ccccc3)n(C)c3ccccc23)n1. The number of methoxy groups -OCH3 is 1. The molecule has 9 nitrogen and oxygen atoms in total. The highest BCUT2D eigenvalue weighted by atomic mass is 19.1. The second-order valence-corrected chi connectivity index (χ2v) is 7.68. The lowest BCUT2D eigenvalue weighted by Crippen LogP contribution is -2.04. The highest BCUT2D eigenvalue weighted by Gasteiger charge is 2.22. The third-order valence-corrected chi connectivity index (χ3v) is 5.66. The molecule has 5 aromatic rings. The minimum atomic E-state index is -1.00. The van der Waals surface area contributed by atoms with Gasteiger partial charge in [0.15, 0.2) is 5.82 Å². The molecule has 0 atom stereocenters. The lowest BCUT2D eigenvalue weighted by Gasteiger charge is -2.11. The molecule has 0 amide bonds. The average Bonchev–Trinajstić information content (AvgIpc) is 3.18. The number of aryl methyl sites for hydroxylation is 1. The zero-order valence-electron chi connectivity index (χ0n) is 18.8. The third-order valence-electron chi connectivity index (χ3n) is 5.66. The van der Waals surface area contributed by atoms with Crippen LogP contribution in [0.15, 0.2) is 73.1 Å². The van der Waals surface area contributed by atoms with Crippen molar-refractivity contribution in [3.63, 3.8) is 0 Å². The van der Waals surface area contributed by atoms with Crippen molar-refractivity contribution < 1.29 is 14.1 Å². The summed E-state index contributed by atoms with van der Waals surface area (Å²) in [7, 11) is 3.32. The van der Waals surface area contributed by atoms with E-state index in [0.29, 0.717) is 5.82 Å². The summed E-state index contributed by atoms with van der Waals surface area (Å²) in [6.45, 7) is 0. The van der Waals surface area contributed by atoms with Gasteiger partial charge in [0.05, 0.1) is 29.0 Å². The van der Waals surface area contributed by atoms with Crippen LogP contribution >= 0.6 is 0 Å². The van der Waals surface area contributed by atoms with Crippen LogP contribution in [-0.2, 0) is 7.05 Å². The number of hydrogen-bond acceptors (Lipinski definition) is 7. The molecule has 0 bridgehead atoms. The Morgan fingerprint density at radius 1 is 1.06 bits per heavy atom. The van der Waals surface area contributed by atoms with E-state index < -0.39 is 16.4 Å². The summed E-state index contributed by atoms with van der Waals surface area (Å²) in [5.74, 6) is -0.392. The first-order valence-electron chi connectivity index (χ1n) is 10.6. The molecule has 0 radical (unpaired) electrons. The fourth-order valence-electron chi connectivity index (χ4n) is 4.10. The van der Waals surface area contributed by atoms with Gasteiger partial charge in [-0.15, -0.1) is 0 Å².